The van der Waals surface area contributed by atoms with Gasteiger partial charge in [0, 0.05) is 10.6 Å². The van der Waals surface area contributed by atoms with Gasteiger partial charge in [-0.15, -0.1) is 11.8 Å². The molecule has 0 aliphatic rings. The van der Waals surface area contributed by atoms with Gasteiger partial charge >= 0.3 is 0 Å². The maximum atomic E-state index is 5.86. The second kappa shape index (κ2) is 9.97. The van der Waals surface area contributed by atoms with Crippen molar-refractivity contribution in [3.63, 3.8) is 0 Å². The number of rotatable bonds is 4. The molecular formula is C11H25NS. The van der Waals surface area contributed by atoms with Crippen molar-refractivity contribution < 1.29 is 0 Å². The maximum absolute atomic E-state index is 5.86. The molecule has 0 saturated heterocycles. The highest BCUT2D eigenvalue weighted by atomic mass is 32.2. The topological polar surface area (TPSA) is 26.0 Å². The van der Waals surface area contributed by atoms with Crippen LogP contribution in [0.4, 0.5) is 0 Å². The lowest BCUT2D eigenvalue weighted by Gasteiger charge is -2.12. The maximum Gasteiger partial charge on any atom is 0.0177 e. The second-order valence-corrected chi connectivity index (χ2v) is 4.14. The minimum atomic E-state index is 0.583. The van der Waals surface area contributed by atoms with E-state index in [-0.39, 0.29) is 0 Å². The van der Waals surface area contributed by atoms with Crippen LogP contribution < -0.4 is 5.73 Å². The lowest BCUT2D eigenvalue weighted by atomic mass is 10.1. The van der Waals surface area contributed by atoms with E-state index in [1.54, 1.807) is 0 Å². The van der Waals surface area contributed by atoms with E-state index >= 15 is 0 Å². The van der Waals surface area contributed by atoms with Crippen LogP contribution in [0.25, 0.3) is 0 Å². The molecule has 0 unspecified atom stereocenters. The van der Waals surface area contributed by atoms with Gasteiger partial charge in [-0.3, -0.25) is 0 Å². The first kappa shape index (κ1) is 15.4. The quantitative estimate of drug-likeness (QED) is 0.747. The van der Waals surface area contributed by atoms with Crippen LogP contribution in [-0.4, -0.2) is 5.75 Å². The van der Waals surface area contributed by atoms with Gasteiger partial charge in [0.25, 0.3) is 0 Å². The summed E-state index contributed by atoms with van der Waals surface area (Å²) in [6, 6.07) is 0. The largest absolute Gasteiger partial charge is 0.401 e. The van der Waals surface area contributed by atoms with Crippen LogP contribution in [0.5, 0.6) is 0 Å². The van der Waals surface area contributed by atoms with Crippen LogP contribution in [0, 0.1) is 5.92 Å². The zero-order valence-electron chi connectivity index (χ0n) is 9.98. The zero-order valence-corrected chi connectivity index (χ0v) is 10.8. The molecule has 2 heteroatoms. The molecule has 0 fully saturated rings. The van der Waals surface area contributed by atoms with Gasteiger partial charge < -0.3 is 5.73 Å². The van der Waals surface area contributed by atoms with Gasteiger partial charge in [0.05, 0.1) is 0 Å². The molecule has 1 nitrogen and oxygen atoms in total. The predicted octanol–water partition coefficient (Wildman–Crippen LogP) is 4.00. The zero-order chi connectivity index (χ0) is 10.9. The van der Waals surface area contributed by atoms with Crippen molar-refractivity contribution in [1.29, 1.82) is 0 Å². The molecule has 0 spiro atoms. The van der Waals surface area contributed by atoms with Gasteiger partial charge in [-0.1, -0.05) is 41.5 Å². The summed E-state index contributed by atoms with van der Waals surface area (Å²) in [5, 5.41) is 0. The fraction of sp³-hybridized carbons (Fsp3) is 0.818. The lowest BCUT2D eigenvalue weighted by molar-refractivity contribution is 0.794. The summed E-state index contributed by atoms with van der Waals surface area (Å²) in [4.78, 5) is 1.37. The Labute approximate surface area is 88.2 Å². The Morgan fingerprint density at radius 2 is 1.69 bits per heavy atom. The molecule has 0 aromatic rings. The van der Waals surface area contributed by atoms with Crippen molar-refractivity contribution in [1.82, 2.24) is 0 Å². The number of hydrogen-bond donors (Lipinski definition) is 1. The van der Waals surface area contributed by atoms with E-state index in [1.807, 2.05) is 25.6 Å². The van der Waals surface area contributed by atoms with Crippen LogP contribution in [0.2, 0.25) is 0 Å². The molecule has 0 aromatic carbocycles. The molecule has 0 aliphatic carbocycles. The third kappa shape index (κ3) is 7.00. The average Bonchev–Trinajstić information content (AvgIpc) is 2.15. The van der Waals surface area contributed by atoms with Crippen LogP contribution in [-0.2, 0) is 0 Å². The summed E-state index contributed by atoms with van der Waals surface area (Å²) in [5.41, 5.74) is 6.92. The van der Waals surface area contributed by atoms with Crippen molar-refractivity contribution in [3.05, 3.63) is 10.6 Å². The highest BCUT2D eigenvalue weighted by Gasteiger charge is 2.06. The monoisotopic (exact) mass is 203 g/mol. The molecule has 2 N–H and O–H groups in total. The third-order valence-corrected chi connectivity index (χ3v) is 2.85. The first-order chi connectivity index (χ1) is 6.13. The fourth-order valence-corrected chi connectivity index (χ4v) is 1.93. The third-order valence-electron chi connectivity index (χ3n) is 1.52. The Hall–Kier alpha value is -0.110. The van der Waals surface area contributed by atoms with E-state index < -0.39 is 0 Å². The van der Waals surface area contributed by atoms with E-state index in [2.05, 4.69) is 27.7 Å². The molecule has 0 rings (SSSR count). The highest BCUT2D eigenvalue weighted by molar-refractivity contribution is 8.03. The van der Waals surface area contributed by atoms with Crippen molar-refractivity contribution in [2.45, 2.75) is 48.0 Å². The minimum Gasteiger partial charge on any atom is -0.401 e. The van der Waals surface area contributed by atoms with Gasteiger partial charge in [-0.05, 0) is 18.1 Å². The highest BCUT2D eigenvalue weighted by Crippen LogP contribution is 2.26. The van der Waals surface area contributed by atoms with Gasteiger partial charge in [0.15, 0.2) is 0 Å². The Morgan fingerprint density at radius 3 is 1.92 bits per heavy atom. The smallest absolute Gasteiger partial charge is 0.0177 e. The molecule has 0 amide bonds. The van der Waals surface area contributed by atoms with Crippen molar-refractivity contribution in [3.8, 4) is 0 Å². The molecular weight excluding hydrogens is 178 g/mol. The van der Waals surface area contributed by atoms with Crippen LogP contribution in [0.15, 0.2) is 10.6 Å². The van der Waals surface area contributed by atoms with Crippen LogP contribution in [0.3, 0.4) is 0 Å². The Morgan fingerprint density at radius 1 is 1.23 bits per heavy atom. The van der Waals surface area contributed by atoms with Gasteiger partial charge in [-0.25, -0.2) is 0 Å². The molecule has 0 bridgehead atoms. The number of hydrogen-bond acceptors (Lipinski definition) is 2. The van der Waals surface area contributed by atoms with Gasteiger partial charge in [-0.2, -0.15) is 0 Å². The molecule has 0 aromatic heterocycles. The molecule has 0 saturated carbocycles. The van der Waals surface area contributed by atoms with E-state index in [1.165, 1.54) is 4.91 Å². The first-order valence-electron chi connectivity index (χ1n) is 5.24. The number of allylic oxidation sites excluding steroid dienone is 2. The van der Waals surface area contributed by atoms with Gasteiger partial charge in [0.2, 0.25) is 0 Å². The predicted molar refractivity (Wildman–Crippen MR) is 65.8 cm³/mol. The molecule has 0 aliphatic heterocycles. The molecule has 0 heterocycles. The van der Waals surface area contributed by atoms with Crippen molar-refractivity contribution in [2.75, 3.05) is 5.75 Å². The summed E-state index contributed by atoms with van der Waals surface area (Å²) >= 11 is 1.87. The minimum absolute atomic E-state index is 0.583. The standard InChI is InChI=1S/C9H19NS.C2H6/c1-5-8(10)9(7(3)4)11-6-2;1-2/h7H,5-6,10H2,1-4H3;1-2H3/b9-8-;. The summed E-state index contributed by atoms with van der Waals surface area (Å²) in [7, 11) is 0. The lowest BCUT2D eigenvalue weighted by Crippen LogP contribution is -2.04. The molecule has 0 radical (unpaired) electrons. The molecule has 80 valence electrons. The number of thioether (sulfide) groups is 1. The van der Waals surface area contributed by atoms with E-state index in [4.69, 9.17) is 5.73 Å². The van der Waals surface area contributed by atoms with Gasteiger partial charge in [0.1, 0.15) is 0 Å². The van der Waals surface area contributed by atoms with Crippen LogP contribution >= 0.6 is 11.8 Å². The Bertz CT molecular complexity index is 139. The fourth-order valence-electron chi connectivity index (χ4n) is 0.960. The van der Waals surface area contributed by atoms with E-state index in [9.17, 15) is 0 Å². The van der Waals surface area contributed by atoms with Crippen molar-refractivity contribution >= 4 is 11.8 Å². The van der Waals surface area contributed by atoms with Crippen LogP contribution in [0.1, 0.15) is 48.0 Å². The Kier molecular flexibility index (Phi) is 11.8. The van der Waals surface area contributed by atoms with Crippen molar-refractivity contribution in [2.24, 2.45) is 11.7 Å². The average molecular weight is 203 g/mol. The van der Waals surface area contributed by atoms with E-state index in [0.29, 0.717) is 5.92 Å². The summed E-state index contributed by atoms with van der Waals surface area (Å²) in [6.07, 6.45) is 0.973. The SMILES string of the molecule is CC.CCS/C(=C(\N)CC)C(C)C. The summed E-state index contributed by atoms with van der Waals surface area (Å²) < 4.78 is 0. The summed E-state index contributed by atoms with van der Waals surface area (Å²) in [5.74, 6) is 1.70. The molecule has 0 atom stereocenters. The second-order valence-electron chi connectivity index (χ2n) is 2.83. The first-order valence-corrected chi connectivity index (χ1v) is 6.23. The normalized spacial score (nSPS) is 11.9. The number of nitrogens with two attached hydrogens (primary N) is 1. The summed E-state index contributed by atoms with van der Waals surface area (Å²) in [6.45, 7) is 12.7. The Balaban J connectivity index is 0. The van der Waals surface area contributed by atoms with E-state index in [0.717, 1.165) is 17.9 Å². The molecule has 13 heavy (non-hydrogen) atoms.